The van der Waals surface area contributed by atoms with Gasteiger partial charge in [-0.1, -0.05) is 42.5 Å². The van der Waals surface area contributed by atoms with E-state index in [4.69, 9.17) is 4.74 Å². The molecule has 0 fully saturated rings. The summed E-state index contributed by atoms with van der Waals surface area (Å²) in [5.41, 5.74) is 2.03. The van der Waals surface area contributed by atoms with Gasteiger partial charge < -0.3 is 10.1 Å². The number of benzene rings is 2. The number of amides is 1. The molecule has 0 radical (unpaired) electrons. The van der Waals surface area contributed by atoms with Gasteiger partial charge in [0.15, 0.2) is 0 Å². The van der Waals surface area contributed by atoms with Crippen LogP contribution in [0.4, 0.5) is 0 Å². The Bertz CT molecular complexity index is 985. The molecule has 1 unspecified atom stereocenters. The van der Waals surface area contributed by atoms with Crippen molar-refractivity contribution in [3.63, 3.8) is 0 Å². The molecule has 0 saturated carbocycles. The summed E-state index contributed by atoms with van der Waals surface area (Å²) >= 11 is 0. The Labute approximate surface area is 168 Å². The molecule has 8 nitrogen and oxygen atoms in total. The SMILES string of the molecule is CC(C)OC(=O)c1cccc(-c2nnn(CC(=O)NC(C)c3ccccc3)n2)c1. The number of aromatic nitrogens is 4. The smallest absolute Gasteiger partial charge is 0.338 e. The second kappa shape index (κ2) is 9.09. The number of nitrogens with one attached hydrogen (secondary N) is 1. The minimum atomic E-state index is -0.413. The number of carbonyl (C=O) groups excluding carboxylic acids is 2. The molecule has 3 aromatic rings. The number of nitrogens with zero attached hydrogens (tertiary/aromatic N) is 4. The lowest BCUT2D eigenvalue weighted by Gasteiger charge is -2.13. The highest BCUT2D eigenvalue weighted by Crippen LogP contribution is 2.17. The van der Waals surface area contributed by atoms with Crippen LogP contribution >= 0.6 is 0 Å². The van der Waals surface area contributed by atoms with E-state index in [9.17, 15) is 9.59 Å². The molecule has 3 rings (SSSR count). The monoisotopic (exact) mass is 393 g/mol. The Kier molecular flexibility index (Phi) is 6.33. The lowest BCUT2D eigenvalue weighted by atomic mass is 10.1. The van der Waals surface area contributed by atoms with Crippen LogP contribution in [0.15, 0.2) is 54.6 Å². The molecule has 1 aromatic heterocycles. The zero-order valence-corrected chi connectivity index (χ0v) is 16.6. The molecule has 0 spiro atoms. The van der Waals surface area contributed by atoms with Crippen LogP contribution in [0.25, 0.3) is 11.4 Å². The molecular weight excluding hydrogens is 370 g/mol. The Morgan fingerprint density at radius 2 is 1.83 bits per heavy atom. The van der Waals surface area contributed by atoms with Gasteiger partial charge in [0, 0.05) is 5.56 Å². The summed E-state index contributed by atoms with van der Waals surface area (Å²) in [4.78, 5) is 25.6. The van der Waals surface area contributed by atoms with Crippen molar-refractivity contribution in [2.45, 2.75) is 39.5 Å². The minimum Gasteiger partial charge on any atom is -0.459 e. The van der Waals surface area contributed by atoms with E-state index >= 15 is 0 Å². The third kappa shape index (κ3) is 5.47. The zero-order chi connectivity index (χ0) is 20.8. The van der Waals surface area contributed by atoms with E-state index in [0.29, 0.717) is 17.0 Å². The van der Waals surface area contributed by atoms with Gasteiger partial charge in [0.1, 0.15) is 6.54 Å². The maximum absolute atomic E-state index is 12.3. The van der Waals surface area contributed by atoms with Gasteiger partial charge in [0.05, 0.1) is 17.7 Å². The first kappa shape index (κ1) is 20.2. The van der Waals surface area contributed by atoms with E-state index in [0.717, 1.165) is 5.56 Å². The molecule has 0 aliphatic heterocycles. The Morgan fingerprint density at radius 3 is 2.55 bits per heavy atom. The summed E-state index contributed by atoms with van der Waals surface area (Å²) < 4.78 is 5.20. The molecular formula is C21H23N5O3. The first-order chi connectivity index (χ1) is 13.9. The van der Waals surface area contributed by atoms with E-state index in [2.05, 4.69) is 20.7 Å². The fraction of sp³-hybridized carbons (Fsp3) is 0.286. The third-order valence-corrected chi connectivity index (χ3v) is 4.11. The summed E-state index contributed by atoms with van der Waals surface area (Å²) in [5.74, 6) is -0.309. The number of esters is 1. The van der Waals surface area contributed by atoms with Gasteiger partial charge in [-0.15, -0.1) is 10.2 Å². The highest BCUT2D eigenvalue weighted by molar-refractivity contribution is 5.90. The van der Waals surface area contributed by atoms with Gasteiger partial charge in [0.2, 0.25) is 11.7 Å². The van der Waals surface area contributed by atoms with Crippen LogP contribution in [0.1, 0.15) is 42.7 Å². The van der Waals surface area contributed by atoms with Crippen LogP contribution in [0.3, 0.4) is 0 Å². The summed E-state index contributed by atoms with van der Waals surface area (Å²) in [6.07, 6.45) is -0.207. The average molecular weight is 393 g/mol. The lowest BCUT2D eigenvalue weighted by molar-refractivity contribution is -0.122. The number of rotatable bonds is 7. The van der Waals surface area contributed by atoms with E-state index in [1.807, 2.05) is 37.3 Å². The highest BCUT2D eigenvalue weighted by Gasteiger charge is 2.15. The average Bonchev–Trinajstić information content (AvgIpc) is 3.16. The number of tetrazole rings is 1. The predicted molar refractivity (Wildman–Crippen MR) is 107 cm³/mol. The van der Waals surface area contributed by atoms with Crippen molar-refractivity contribution in [3.05, 3.63) is 65.7 Å². The van der Waals surface area contributed by atoms with Crippen molar-refractivity contribution in [2.75, 3.05) is 0 Å². The van der Waals surface area contributed by atoms with Gasteiger partial charge in [-0.05, 0) is 43.7 Å². The van der Waals surface area contributed by atoms with Crippen LogP contribution < -0.4 is 5.32 Å². The number of ether oxygens (including phenoxy) is 1. The third-order valence-electron chi connectivity index (χ3n) is 4.11. The Hall–Kier alpha value is -3.55. The zero-order valence-electron chi connectivity index (χ0n) is 16.6. The quantitative estimate of drug-likeness (QED) is 0.620. The molecule has 1 amide bonds. The standard InChI is InChI=1S/C21H23N5O3/c1-14(2)29-21(28)18-11-7-10-17(12-18)20-23-25-26(24-20)13-19(27)22-15(3)16-8-5-4-6-9-16/h4-12,14-15H,13H2,1-3H3,(H,22,27). The summed E-state index contributed by atoms with van der Waals surface area (Å²) in [5, 5.41) is 15.1. The fourth-order valence-corrected chi connectivity index (χ4v) is 2.73. The van der Waals surface area contributed by atoms with Crippen LogP contribution in [0, 0.1) is 0 Å². The number of hydrogen-bond donors (Lipinski definition) is 1. The van der Waals surface area contributed by atoms with Gasteiger partial charge in [-0.3, -0.25) is 4.79 Å². The van der Waals surface area contributed by atoms with Gasteiger partial charge >= 0.3 is 5.97 Å². The molecule has 1 heterocycles. The molecule has 29 heavy (non-hydrogen) atoms. The van der Waals surface area contributed by atoms with Crippen molar-refractivity contribution in [1.82, 2.24) is 25.5 Å². The van der Waals surface area contributed by atoms with Crippen LogP contribution in [0.5, 0.6) is 0 Å². The minimum absolute atomic E-state index is 0.0563. The highest BCUT2D eigenvalue weighted by atomic mass is 16.5. The first-order valence-electron chi connectivity index (χ1n) is 9.36. The van der Waals surface area contributed by atoms with Crippen LogP contribution in [-0.2, 0) is 16.1 Å². The summed E-state index contributed by atoms with van der Waals surface area (Å²) in [6.45, 7) is 5.44. The van der Waals surface area contributed by atoms with Crippen molar-refractivity contribution in [3.8, 4) is 11.4 Å². The molecule has 150 valence electrons. The van der Waals surface area contributed by atoms with Crippen molar-refractivity contribution in [2.24, 2.45) is 0 Å². The predicted octanol–water partition coefficient (Wildman–Crippen LogP) is 2.78. The largest absolute Gasteiger partial charge is 0.459 e. The summed E-state index contributed by atoms with van der Waals surface area (Å²) in [6, 6.07) is 16.4. The topological polar surface area (TPSA) is 99.0 Å². The van der Waals surface area contributed by atoms with E-state index < -0.39 is 5.97 Å². The second-order valence-electron chi connectivity index (χ2n) is 6.88. The van der Waals surface area contributed by atoms with Crippen molar-refractivity contribution in [1.29, 1.82) is 0 Å². The molecule has 8 heteroatoms. The summed E-state index contributed by atoms with van der Waals surface area (Å²) in [7, 11) is 0. The van der Waals surface area contributed by atoms with Gasteiger partial charge in [-0.2, -0.15) is 4.80 Å². The molecule has 2 aromatic carbocycles. The maximum Gasteiger partial charge on any atom is 0.338 e. The number of carbonyl (C=O) groups is 2. The van der Waals surface area contributed by atoms with E-state index in [-0.39, 0.29) is 24.6 Å². The molecule has 0 aliphatic rings. The lowest BCUT2D eigenvalue weighted by Crippen LogP contribution is -2.30. The Morgan fingerprint density at radius 1 is 1.07 bits per heavy atom. The molecule has 1 atom stereocenters. The fourth-order valence-electron chi connectivity index (χ4n) is 2.73. The molecule has 0 aliphatic carbocycles. The molecule has 0 saturated heterocycles. The molecule has 0 bridgehead atoms. The van der Waals surface area contributed by atoms with Crippen molar-refractivity contribution < 1.29 is 14.3 Å². The maximum atomic E-state index is 12.3. The van der Waals surface area contributed by atoms with Gasteiger partial charge in [-0.25, -0.2) is 4.79 Å². The first-order valence-corrected chi connectivity index (χ1v) is 9.36. The molecule has 1 N–H and O–H groups in total. The second-order valence-corrected chi connectivity index (χ2v) is 6.88. The van der Waals surface area contributed by atoms with E-state index in [1.54, 1.807) is 38.1 Å². The van der Waals surface area contributed by atoms with Crippen molar-refractivity contribution >= 4 is 11.9 Å². The Balaban J connectivity index is 1.65. The number of hydrogen-bond acceptors (Lipinski definition) is 6. The van der Waals surface area contributed by atoms with Crippen LogP contribution in [0.2, 0.25) is 0 Å². The van der Waals surface area contributed by atoms with Gasteiger partial charge in [0.25, 0.3) is 0 Å². The van der Waals surface area contributed by atoms with E-state index in [1.165, 1.54) is 4.80 Å². The normalized spacial score (nSPS) is 11.9. The van der Waals surface area contributed by atoms with Crippen LogP contribution in [-0.4, -0.2) is 38.2 Å².